The second kappa shape index (κ2) is 9.75. The van der Waals surface area contributed by atoms with E-state index in [0.717, 1.165) is 42.5 Å². The van der Waals surface area contributed by atoms with Gasteiger partial charge in [0.15, 0.2) is 5.16 Å². The molecule has 2 aliphatic rings. The molecule has 1 atom stereocenters. The van der Waals surface area contributed by atoms with Crippen molar-refractivity contribution in [2.45, 2.75) is 41.8 Å². The zero-order chi connectivity index (χ0) is 22.7. The number of nitrogens with zero attached hydrogens (tertiary/aromatic N) is 2. The highest BCUT2D eigenvalue weighted by atomic mass is 32.2. The second-order valence-corrected chi connectivity index (χ2v) is 9.23. The van der Waals surface area contributed by atoms with E-state index in [0.29, 0.717) is 41.0 Å². The number of aromatic nitrogens is 2. The first-order valence-electron chi connectivity index (χ1n) is 9.96. The van der Waals surface area contributed by atoms with Gasteiger partial charge in [-0.25, -0.2) is 4.98 Å². The van der Waals surface area contributed by atoms with Crippen LogP contribution in [0.5, 0.6) is 5.75 Å². The van der Waals surface area contributed by atoms with Crippen LogP contribution in [0.15, 0.2) is 39.1 Å². The Balaban J connectivity index is 1.53. The second-order valence-electron chi connectivity index (χ2n) is 7.18. The summed E-state index contributed by atoms with van der Waals surface area (Å²) in [5.74, 6) is 0.169. The summed E-state index contributed by atoms with van der Waals surface area (Å²) in [5.41, 5.74) is 0.717. The van der Waals surface area contributed by atoms with Crippen molar-refractivity contribution >= 4 is 29.4 Å². The van der Waals surface area contributed by atoms with E-state index in [1.807, 2.05) is 0 Å². The molecule has 1 fully saturated rings. The molecule has 0 radical (unpaired) electrons. The van der Waals surface area contributed by atoms with Gasteiger partial charge in [-0.1, -0.05) is 11.8 Å². The van der Waals surface area contributed by atoms with E-state index in [2.05, 4.69) is 15.0 Å². The molecule has 32 heavy (non-hydrogen) atoms. The Morgan fingerprint density at radius 3 is 2.81 bits per heavy atom. The van der Waals surface area contributed by atoms with Crippen molar-refractivity contribution in [3.63, 3.8) is 0 Å². The van der Waals surface area contributed by atoms with Gasteiger partial charge in [0.1, 0.15) is 5.75 Å². The normalized spacial score (nSPS) is 17.9. The standard InChI is InChI=1S/C20H20F3N3O4S2/c21-20(22,23)30-13-5-3-12(4-6-13)26-18(28)17-15(7-9-31-17)25-19(26)32-11-16(27)24-10-14-2-1-8-29-14/h3-6,14H,1-2,7-11H2,(H,24,27)/t14-/m0/s1. The Hall–Kier alpha value is -2.18. The molecule has 4 rings (SSSR count). The number of hydrogen-bond acceptors (Lipinski definition) is 7. The van der Waals surface area contributed by atoms with E-state index in [1.165, 1.54) is 28.5 Å². The van der Waals surface area contributed by atoms with Crippen molar-refractivity contribution in [2.24, 2.45) is 0 Å². The molecule has 2 aromatic rings. The summed E-state index contributed by atoms with van der Waals surface area (Å²) in [7, 11) is 0. The van der Waals surface area contributed by atoms with E-state index in [1.54, 1.807) is 0 Å². The summed E-state index contributed by atoms with van der Waals surface area (Å²) in [5, 5.41) is 3.14. The van der Waals surface area contributed by atoms with Crippen LogP contribution in [0, 0.1) is 0 Å². The minimum Gasteiger partial charge on any atom is -0.406 e. The fraction of sp³-hybridized carbons (Fsp3) is 0.450. The van der Waals surface area contributed by atoms with Gasteiger partial charge in [-0.3, -0.25) is 14.2 Å². The van der Waals surface area contributed by atoms with E-state index in [9.17, 15) is 22.8 Å². The molecule has 0 bridgehead atoms. The Morgan fingerprint density at radius 1 is 1.34 bits per heavy atom. The highest BCUT2D eigenvalue weighted by Gasteiger charge is 2.31. The molecule has 1 aromatic heterocycles. The van der Waals surface area contributed by atoms with Crippen molar-refractivity contribution in [3.8, 4) is 11.4 Å². The number of ether oxygens (including phenoxy) is 2. The molecule has 0 saturated carbocycles. The van der Waals surface area contributed by atoms with Crippen molar-refractivity contribution in [1.82, 2.24) is 14.9 Å². The van der Waals surface area contributed by atoms with Crippen molar-refractivity contribution in [2.75, 3.05) is 24.7 Å². The van der Waals surface area contributed by atoms with Crippen LogP contribution in [0.2, 0.25) is 0 Å². The largest absolute Gasteiger partial charge is 0.573 e. The molecule has 0 spiro atoms. The number of halogens is 3. The average molecular weight is 488 g/mol. The summed E-state index contributed by atoms with van der Waals surface area (Å²) >= 11 is 2.50. The van der Waals surface area contributed by atoms with Crippen LogP contribution < -0.4 is 15.6 Å². The molecule has 1 aromatic carbocycles. The van der Waals surface area contributed by atoms with Gasteiger partial charge >= 0.3 is 6.36 Å². The summed E-state index contributed by atoms with van der Waals surface area (Å²) in [6.45, 7) is 1.13. The number of amides is 1. The average Bonchev–Trinajstić information content (AvgIpc) is 3.42. The number of carbonyl (C=O) groups excluding carboxylic acids is 1. The third kappa shape index (κ3) is 5.59. The first kappa shape index (κ1) is 23.0. The molecule has 1 N–H and O–H groups in total. The van der Waals surface area contributed by atoms with E-state index >= 15 is 0 Å². The topological polar surface area (TPSA) is 82.5 Å². The van der Waals surface area contributed by atoms with Crippen LogP contribution in [0.25, 0.3) is 5.69 Å². The predicted molar refractivity (Wildman–Crippen MR) is 114 cm³/mol. The third-order valence-corrected chi connectivity index (χ3v) is 6.92. The monoisotopic (exact) mass is 487 g/mol. The number of thioether (sulfide) groups is 2. The number of fused-ring (bicyclic) bond motifs is 1. The van der Waals surface area contributed by atoms with Gasteiger partial charge in [0, 0.05) is 25.3 Å². The SMILES string of the molecule is O=C(CSc1nc2c(c(=O)n1-c1ccc(OC(F)(F)F)cc1)SCC2)NC[C@@H]1CCCO1. The number of alkyl halides is 3. The summed E-state index contributed by atoms with van der Waals surface area (Å²) in [6.07, 6.45) is -2.25. The van der Waals surface area contributed by atoms with E-state index in [-0.39, 0.29) is 29.1 Å². The van der Waals surface area contributed by atoms with Crippen LogP contribution in [-0.2, 0) is 16.0 Å². The molecule has 0 unspecified atom stereocenters. The number of carbonyl (C=O) groups is 1. The smallest absolute Gasteiger partial charge is 0.406 e. The molecule has 7 nitrogen and oxygen atoms in total. The van der Waals surface area contributed by atoms with Gasteiger partial charge in [-0.15, -0.1) is 24.9 Å². The lowest BCUT2D eigenvalue weighted by Gasteiger charge is -2.15. The van der Waals surface area contributed by atoms with Crippen LogP contribution in [-0.4, -0.2) is 52.6 Å². The van der Waals surface area contributed by atoms with Crippen molar-refractivity contribution in [1.29, 1.82) is 0 Å². The minimum absolute atomic E-state index is 0.0229. The van der Waals surface area contributed by atoms with Gasteiger partial charge in [0.2, 0.25) is 5.91 Å². The summed E-state index contributed by atoms with van der Waals surface area (Å²) < 4.78 is 48.0. The van der Waals surface area contributed by atoms with E-state index < -0.39 is 6.36 Å². The minimum atomic E-state index is -4.80. The number of rotatable bonds is 7. The Kier molecular flexibility index (Phi) is 7.01. The number of nitrogens with one attached hydrogen (secondary N) is 1. The van der Waals surface area contributed by atoms with Crippen molar-refractivity contribution < 1.29 is 27.4 Å². The zero-order valence-electron chi connectivity index (χ0n) is 16.8. The highest BCUT2D eigenvalue weighted by Crippen LogP contribution is 2.30. The maximum absolute atomic E-state index is 13.1. The highest BCUT2D eigenvalue weighted by molar-refractivity contribution is 8.00. The molecule has 3 heterocycles. The zero-order valence-corrected chi connectivity index (χ0v) is 18.4. The Bertz CT molecular complexity index is 1040. The molecule has 1 amide bonds. The molecular formula is C20H20F3N3O4S2. The van der Waals surface area contributed by atoms with Crippen LogP contribution in [0.4, 0.5) is 13.2 Å². The summed E-state index contributed by atoms with van der Waals surface area (Å²) in [6, 6.07) is 4.99. The quantitative estimate of drug-likeness (QED) is 0.475. The van der Waals surface area contributed by atoms with Gasteiger partial charge in [0.05, 0.1) is 28.1 Å². The van der Waals surface area contributed by atoms with Crippen LogP contribution >= 0.6 is 23.5 Å². The number of aryl methyl sites for hydroxylation is 1. The first-order chi connectivity index (χ1) is 15.3. The molecule has 12 heteroatoms. The molecule has 0 aliphatic carbocycles. The van der Waals surface area contributed by atoms with Gasteiger partial charge in [-0.05, 0) is 37.1 Å². The lowest BCUT2D eigenvalue weighted by atomic mass is 10.2. The third-order valence-electron chi connectivity index (χ3n) is 4.88. The number of hydrogen-bond donors (Lipinski definition) is 1. The molecular weight excluding hydrogens is 467 g/mol. The van der Waals surface area contributed by atoms with Crippen molar-refractivity contribution in [3.05, 3.63) is 40.3 Å². The van der Waals surface area contributed by atoms with Gasteiger partial charge < -0.3 is 14.8 Å². The predicted octanol–water partition coefficient (Wildman–Crippen LogP) is 3.17. The molecule has 1 saturated heterocycles. The first-order valence-corrected chi connectivity index (χ1v) is 11.9. The van der Waals surface area contributed by atoms with Crippen LogP contribution in [0.3, 0.4) is 0 Å². The fourth-order valence-electron chi connectivity index (χ4n) is 3.43. The molecule has 2 aliphatic heterocycles. The maximum atomic E-state index is 13.1. The van der Waals surface area contributed by atoms with E-state index in [4.69, 9.17) is 4.74 Å². The molecule has 172 valence electrons. The lowest BCUT2D eigenvalue weighted by Crippen LogP contribution is -2.33. The van der Waals surface area contributed by atoms with Gasteiger partial charge in [0.25, 0.3) is 5.56 Å². The Morgan fingerprint density at radius 2 is 2.12 bits per heavy atom. The maximum Gasteiger partial charge on any atom is 0.573 e. The van der Waals surface area contributed by atoms with Gasteiger partial charge in [-0.2, -0.15) is 0 Å². The lowest BCUT2D eigenvalue weighted by molar-refractivity contribution is -0.274. The number of benzene rings is 1. The van der Waals surface area contributed by atoms with Crippen LogP contribution in [0.1, 0.15) is 18.5 Å². The Labute approximate surface area is 190 Å². The summed E-state index contributed by atoms with van der Waals surface area (Å²) in [4.78, 5) is 30.5. The fourth-order valence-corrected chi connectivity index (χ4v) is 5.31.